The molecule has 2 N–H and O–H groups in total. The summed E-state index contributed by atoms with van der Waals surface area (Å²) in [6.45, 7) is 3.93. The highest BCUT2D eigenvalue weighted by Gasteiger charge is 2.29. The molecular weight excluding hydrogens is 426 g/mol. The Morgan fingerprint density at radius 1 is 0.970 bits per heavy atom. The first-order chi connectivity index (χ1) is 15.8. The smallest absolute Gasteiger partial charge is 0.408 e. The van der Waals surface area contributed by atoms with Crippen LogP contribution in [0, 0.1) is 5.92 Å². The predicted octanol–water partition coefficient (Wildman–Crippen LogP) is 2.63. The Kier molecular flexibility index (Phi) is 10.1. The molecule has 0 saturated heterocycles. The van der Waals surface area contributed by atoms with E-state index >= 15 is 0 Å². The molecule has 2 amide bonds. The molecule has 0 radical (unpaired) electrons. The Morgan fingerprint density at radius 2 is 1.70 bits per heavy atom. The minimum atomic E-state index is -0.989. The van der Waals surface area contributed by atoms with Crippen molar-refractivity contribution >= 4 is 18.0 Å². The van der Waals surface area contributed by atoms with Gasteiger partial charge in [0.2, 0.25) is 11.8 Å². The Balaban J connectivity index is 2.07. The quantitative estimate of drug-likeness (QED) is 0.498. The number of alkyl carbamates (subject to hydrolysis) is 1. The summed E-state index contributed by atoms with van der Waals surface area (Å²) >= 11 is 0. The third-order valence-electron chi connectivity index (χ3n) is 4.80. The lowest BCUT2D eigenvalue weighted by atomic mass is 10.0. The number of ether oxygens (including phenoxy) is 3. The maximum absolute atomic E-state index is 13.0. The van der Waals surface area contributed by atoms with Gasteiger partial charge in [-0.05, 0) is 24.0 Å². The summed E-state index contributed by atoms with van der Waals surface area (Å²) in [7, 11) is 2.72. The maximum Gasteiger partial charge on any atom is 0.408 e. The monoisotopic (exact) mass is 457 g/mol. The van der Waals surface area contributed by atoms with Crippen LogP contribution in [0.25, 0.3) is 0 Å². The van der Waals surface area contributed by atoms with Gasteiger partial charge in [-0.3, -0.25) is 4.79 Å². The molecule has 2 aromatic rings. The normalized spacial score (nSPS) is 12.4. The van der Waals surface area contributed by atoms with Crippen molar-refractivity contribution in [1.29, 1.82) is 0 Å². The van der Waals surface area contributed by atoms with Gasteiger partial charge in [-0.1, -0.05) is 50.2 Å². The van der Waals surface area contributed by atoms with Crippen LogP contribution >= 0.6 is 0 Å². The zero-order valence-electron chi connectivity index (χ0n) is 19.4. The SMILES string of the molecule is COC(=O)[C@H](Cc1cccnc1OC)NC(=O)[C@H](CC(C)C)NC(=O)OCc1ccccc1. The molecule has 0 saturated carbocycles. The molecule has 9 nitrogen and oxygen atoms in total. The van der Waals surface area contributed by atoms with Gasteiger partial charge in [0.05, 0.1) is 14.2 Å². The van der Waals surface area contributed by atoms with E-state index in [0.29, 0.717) is 17.9 Å². The van der Waals surface area contributed by atoms with Gasteiger partial charge in [-0.15, -0.1) is 0 Å². The first-order valence-electron chi connectivity index (χ1n) is 10.7. The van der Waals surface area contributed by atoms with E-state index in [1.807, 2.05) is 44.2 Å². The van der Waals surface area contributed by atoms with Crippen LogP contribution in [0.2, 0.25) is 0 Å². The largest absolute Gasteiger partial charge is 0.481 e. The number of nitrogens with zero attached hydrogens (tertiary/aromatic N) is 1. The number of rotatable bonds is 11. The van der Waals surface area contributed by atoms with Crippen LogP contribution in [0.15, 0.2) is 48.7 Å². The lowest BCUT2D eigenvalue weighted by molar-refractivity contribution is -0.145. The fraction of sp³-hybridized carbons (Fsp3) is 0.417. The molecule has 0 fully saturated rings. The molecule has 0 aliphatic rings. The second kappa shape index (κ2) is 13.0. The van der Waals surface area contributed by atoms with Crippen molar-refractivity contribution in [2.24, 2.45) is 5.92 Å². The van der Waals surface area contributed by atoms with Crippen molar-refractivity contribution in [3.8, 4) is 5.88 Å². The van der Waals surface area contributed by atoms with E-state index in [2.05, 4.69) is 15.6 Å². The average molecular weight is 458 g/mol. The summed E-state index contributed by atoms with van der Waals surface area (Å²) in [4.78, 5) is 41.8. The molecule has 0 spiro atoms. The van der Waals surface area contributed by atoms with E-state index in [1.165, 1.54) is 14.2 Å². The minimum absolute atomic E-state index is 0.0777. The zero-order valence-corrected chi connectivity index (χ0v) is 19.4. The van der Waals surface area contributed by atoms with Gasteiger partial charge in [-0.2, -0.15) is 0 Å². The number of pyridine rings is 1. The fourth-order valence-electron chi connectivity index (χ4n) is 3.20. The highest BCUT2D eigenvalue weighted by molar-refractivity contribution is 5.89. The summed E-state index contributed by atoms with van der Waals surface area (Å²) in [5.74, 6) is -0.685. The Morgan fingerprint density at radius 3 is 2.33 bits per heavy atom. The molecule has 0 unspecified atom stereocenters. The fourth-order valence-corrected chi connectivity index (χ4v) is 3.20. The Labute approximate surface area is 193 Å². The molecule has 1 aromatic carbocycles. The standard InChI is InChI=1S/C24H31N3O6/c1-16(2)13-19(27-24(30)33-15-17-9-6-5-7-10-17)21(28)26-20(23(29)32-4)14-18-11-8-12-25-22(18)31-3/h5-12,16,19-20H,13-15H2,1-4H3,(H,26,28)(H,27,30)/t19-,20-/m0/s1. The zero-order chi connectivity index (χ0) is 24.2. The molecule has 178 valence electrons. The third-order valence-corrected chi connectivity index (χ3v) is 4.80. The van der Waals surface area contributed by atoms with Gasteiger partial charge in [0.15, 0.2) is 0 Å². The lowest BCUT2D eigenvalue weighted by Crippen LogP contribution is -2.53. The van der Waals surface area contributed by atoms with Gasteiger partial charge >= 0.3 is 12.1 Å². The first-order valence-corrected chi connectivity index (χ1v) is 10.7. The Bertz CT molecular complexity index is 919. The van der Waals surface area contributed by atoms with Crippen LogP contribution in [0.5, 0.6) is 5.88 Å². The molecule has 2 atom stereocenters. The van der Waals surface area contributed by atoms with Crippen LogP contribution in [-0.4, -0.2) is 49.3 Å². The van der Waals surface area contributed by atoms with Crippen molar-refractivity contribution < 1.29 is 28.6 Å². The number of hydrogen-bond acceptors (Lipinski definition) is 7. The second-order valence-corrected chi connectivity index (χ2v) is 7.85. The van der Waals surface area contributed by atoms with Crippen LogP contribution < -0.4 is 15.4 Å². The Hall–Kier alpha value is -3.62. The van der Waals surface area contributed by atoms with Gasteiger partial charge in [-0.25, -0.2) is 14.6 Å². The number of carbonyl (C=O) groups is 3. The summed E-state index contributed by atoms with van der Waals surface area (Å²) in [5, 5.41) is 5.29. The molecule has 0 aliphatic carbocycles. The highest BCUT2D eigenvalue weighted by atomic mass is 16.5. The number of esters is 1. The molecule has 1 heterocycles. The molecule has 2 rings (SSSR count). The van der Waals surface area contributed by atoms with Gasteiger partial charge in [0, 0.05) is 18.2 Å². The van der Waals surface area contributed by atoms with E-state index in [9.17, 15) is 14.4 Å². The number of nitrogens with one attached hydrogen (secondary N) is 2. The number of hydrogen-bond donors (Lipinski definition) is 2. The third kappa shape index (κ3) is 8.44. The molecule has 33 heavy (non-hydrogen) atoms. The summed E-state index contributed by atoms with van der Waals surface area (Å²) in [5.41, 5.74) is 1.46. The van der Waals surface area contributed by atoms with Crippen molar-refractivity contribution in [2.75, 3.05) is 14.2 Å². The number of methoxy groups -OCH3 is 2. The predicted molar refractivity (Wildman–Crippen MR) is 121 cm³/mol. The second-order valence-electron chi connectivity index (χ2n) is 7.85. The van der Waals surface area contributed by atoms with Gasteiger partial charge in [0.1, 0.15) is 18.7 Å². The van der Waals surface area contributed by atoms with E-state index < -0.39 is 30.1 Å². The summed E-state index contributed by atoms with van der Waals surface area (Å²) in [6, 6.07) is 10.8. The van der Waals surface area contributed by atoms with Crippen molar-refractivity contribution in [1.82, 2.24) is 15.6 Å². The van der Waals surface area contributed by atoms with Crippen LogP contribution in [0.1, 0.15) is 31.4 Å². The van der Waals surface area contributed by atoms with Crippen molar-refractivity contribution in [3.63, 3.8) is 0 Å². The summed E-state index contributed by atoms with van der Waals surface area (Å²) in [6.07, 6.45) is 1.32. The first kappa shape index (κ1) is 25.6. The van der Waals surface area contributed by atoms with Gasteiger partial charge in [0.25, 0.3) is 0 Å². The molecular formula is C24H31N3O6. The summed E-state index contributed by atoms with van der Waals surface area (Å²) < 4.78 is 15.3. The van der Waals surface area contributed by atoms with E-state index in [0.717, 1.165) is 5.56 Å². The van der Waals surface area contributed by atoms with Crippen molar-refractivity contribution in [2.45, 2.75) is 45.4 Å². The highest BCUT2D eigenvalue weighted by Crippen LogP contribution is 2.16. The number of carbonyl (C=O) groups excluding carboxylic acids is 3. The average Bonchev–Trinajstić information content (AvgIpc) is 2.82. The lowest BCUT2D eigenvalue weighted by Gasteiger charge is -2.23. The molecule has 9 heteroatoms. The van der Waals surface area contributed by atoms with Crippen LogP contribution in [0.3, 0.4) is 0 Å². The van der Waals surface area contributed by atoms with Crippen molar-refractivity contribution in [3.05, 3.63) is 59.8 Å². The topological polar surface area (TPSA) is 116 Å². The number of amides is 2. The van der Waals surface area contributed by atoms with Crippen LogP contribution in [0.4, 0.5) is 4.79 Å². The number of aromatic nitrogens is 1. The van der Waals surface area contributed by atoms with Gasteiger partial charge < -0.3 is 24.8 Å². The van der Waals surface area contributed by atoms with Crippen LogP contribution in [-0.2, 0) is 32.1 Å². The van der Waals surface area contributed by atoms with E-state index in [-0.39, 0.29) is 18.9 Å². The molecule has 0 bridgehead atoms. The molecule has 1 aromatic heterocycles. The maximum atomic E-state index is 13.0. The number of benzene rings is 1. The van der Waals surface area contributed by atoms with E-state index in [4.69, 9.17) is 14.2 Å². The minimum Gasteiger partial charge on any atom is -0.481 e. The van der Waals surface area contributed by atoms with E-state index in [1.54, 1.807) is 18.3 Å². The molecule has 0 aliphatic heterocycles.